The van der Waals surface area contributed by atoms with Crippen molar-refractivity contribution < 1.29 is 9.53 Å². The number of carbonyl (C=O) groups is 1. The van der Waals surface area contributed by atoms with Gasteiger partial charge in [0.1, 0.15) is 0 Å². The molecule has 28 heavy (non-hydrogen) atoms. The van der Waals surface area contributed by atoms with Crippen LogP contribution >= 0.6 is 0 Å². The quantitative estimate of drug-likeness (QED) is 0.652. The molecule has 0 spiro atoms. The zero-order valence-electron chi connectivity index (χ0n) is 16.3. The van der Waals surface area contributed by atoms with Crippen LogP contribution in [0.15, 0.2) is 24.4 Å². The predicted octanol–water partition coefficient (Wildman–Crippen LogP) is 2.74. The largest absolute Gasteiger partial charge is 0.370 e. The number of rotatable bonds is 1. The van der Waals surface area contributed by atoms with Gasteiger partial charge in [-0.1, -0.05) is 16.8 Å². The Morgan fingerprint density at radius 2 is 2.11 bits per heavy atom. The lowest BCUT2D eigenvalue weighted by Crippen LogP contribution is -2.50. The van der Waals surface area contributed by atoms with Crippen LogP contribution in [0.1, 0.15) is 45.3 Å². The Bertz CT molecular complexity index is 1090. The van der Waals surface area contributed by atoms with Gasteiger partial charge in [-0.2, -0.15) is 0 Å². The molecule has 3 aromatic rings. The number of aromatic nitrogens is 4. The molecule has 1 amide bonds. The van der Waals surface area contributed by atoms with E-state index in [1.807, 2.05) is 42.5 Å². The molecule has 7 heteroatoms. The molecule has 0 saturated carbocycles. The van der Waals surface area contributed by atoms with Crippen molar-refractivity contribution in [2.24, 2.45) is 0 Å². The van der Waals surface area contributed by atoms with Crippen molar-refractivity contribution >= 4 is 16.8 Å². The normalized spacial score (nSPS) is 21.5. The van der Waals surface area contributed by atoms with Gasteiger partial charge in [0.15, 0.2) is 0 Å². The van der Waals surface area contributed by atoms with E-state index in [0.717, 1.165) is 45.4 Å². The lowest BCUT2D eigenvalue weighted by atomic mass is 9.96. The molecule has 144 valence electrons. The van der Waals surface area contributed by atoms with Gasteiger partial charge in [-0.05, 0) is 44.9 Å². The van der Waals surface area contributed by atoms with Crippen LogP contribution in [0.3, 0.4) is 0 Å². The number of likely N-dealkylation sites (tertiary alicyclic amines) is 1. The number of piperidine rings is 1. The number of nitrogens with zero attached hydrogens (tertiary/aromatic N) is 5. The Morgan fingerprint density at radius 1 is 1.25 bits per heavy atom. The van der Waals surface area contributed by atoms with Crippen LogP contribution in [0.4, 0.5) is 0 Å². The van der Waals surface area contributed by atoms with Crippen LogP contribution < -0.4 is 0 Å². The van der Waals surface area contributed by atoms with Crippen molar-refractivity contribution in [1.29, 1.82) is 0 Å². The second kappa shape index (κ2) is 6.38. The van der Waals surface area contributed by atoms with Gasteiger partial charge in [-0.3, -0.25) is 9.78 Å². The molecular formula is C21H23N5O2. The van der Waals surface area contributed by atoms with Crippen molar-refractivity contribution in [2.45, 2.75) is 45.9 Å². The zero-order valence-corrected chi connectivity index (χ0v) is 16.3. The first-order chi connectivity index (χ1) is 13.5. The molecule has 2 aliphatic rings. The number of hydrogen-bond acceptors (Lipinski definition) is 5. The van der Waals surface area contributed by atoms with E-state index in [9.17, 15) is 4.79 Å². The molecule has 4 heterocycles. The molecule has 2 atom stereocenters. The van der Waals surface area contributed by atoms with Crippen LogP contribution in [0.25, 0.3) is 10.9 Å². The molecule has 7 nitrogen and oxygen atoms in total. The number of pyridine rings is 1. The highest BCUT2D eigenvalue weighted by atomic mass is 16.5. The van der Waals surface area contributed by atoms with Gasteiger partial charge >= 0.3 is 0 Å². The molecule has 5 rings (SSSR count). The van der Waals surface area contributed by atoms with E-state index in [4.69, 9.17) is 4.74 Å². The summed E-state index contributed by atoms with van der Waals surface area (Å²) in [6.07, 6.45) is 2.62. The summed E-state index contributed by atoms with van der Waals surface area (Å²) in [5.74, 6) is 0.0595. The van der Waals surface area contributed by atoms with Crippen LogP contribution in [-0.4, -0.2) is 50.0 Å². The average molecular weight is 377 g/mol. The van der Waals surface area contributed by atoms with Gasteiger partial charge < -0.3 is 9.64 Å². The topological polar surface area (TPSA) is 73.1 Å². The zero-order chi connectivity index (χ0) is 19.4. The minimum Gasteiger partial charge on any atom is -0.370 e. The highest BCUT2D eigenvalue weighted by Crippen LogP contribution is 2.32. The summed E-state index contributed by atoms with van der Waals surface area (Å²) in [5.41, 5.74) is 5.57. The second-order valence-electron chi connectivity index (χ2n) is 7.84. The molecule has 0 unspecified atom stereocenters. The second-order valence-corrected chi connectivity index (χ2v) is 7.84. The van der Waals surface area contributed by atoms with Gasteiger partial charge in [0.2, 0.25) is 0 Å². The van der Waals surface area contributed by atoms with Crippen molar-refractivity contribution in [2.75, 3.05) is 13.1 Å². The lowest BCUT2D eigenvalue weighted by Gasteiger charge is -2.41. The smallest absolute Gasteiger partial charge is 0.254 e. The Balaban J connectivity index is 1.54. The third-order valence-corrected chi connectivity index (χ3v) is 6.06. The summed E-state index contributed by atoms with van der Waals surface area (Å²) >= 11 is 0. The minimum atomic E-state index is 0.0141. The summed E-state index contributed by atoms with van der Waals surface area (Å²) in [6.45, 7) is 7.79. The highest BCUT2D eigenvalue weighted by Gasteiger charge is 2.38. The van der Waals surface area contributed by atoms with E-state index in [2.05, 4.69) is 21.4 Å². The maximum atomic E-state index is 13.6. The van der Waals surface area contributed by atoms with Crippen LogP contribution in [-0.2, 0) is 11.3 Å². The molecule has 0 N–H and O–H groups in total. The van der Waals surface area contributed by atoms with E-state index >= 15 is 0 Å². The Kier molecular flexibility index (Phi) is 3.94. The number of aryl methyl sites for hydroxylation is 2. The van der Waals surface area contributed by atoms with E-state index in [0.29, 0.717) is 19.7 Å². The number of carbonyl (C=O) groups excluding carboxylic acids is 1. The fourth-order valence-corrected chi connectivity index (χ4v) is 4.39. The Morgan fingerprint density at radius 3 is 2.96 bits per heavy atom. The molecular weight excluding hydrogens is 354 g/mol. The first kappa shape index (κ1) is 17.3. The first-order valence-electron chi connectivity index (χ1n) is 9.70. The first-order valence-corrected chi connectivity index (χ1v) is 9.70. The molecule has 1 saturated heterocycles. The summed E-state index contributed by atoms with van der Waals surface area (Å²) in [7, 11) is 0. The number of amides is 1. The van der Waals surface area contributed by atoms with Crippen molar-refractivity contribution in [1.82, 2.24) is 24.9 Å². The summed E-state index contributed by atoms with van der Waals surface area (Å²) < 4.78 is 7.91. The van der Waals surface area contributed by atoms with E-state index in [1.54, 1.807) is 6.20 Å². The van der Waals surface area contributed by atoms with Crippen LogP contribution in [0.5, 0.6) is 0 Å². The number of benzene rings is 1. The maximum absolute atomic E-state index is 13.6. The van der Waals surface area contributed by atoms with Crippen LogP contribution in [0.2, 0.25) is 0 Å². The Hall–Kier alpha value is -2.80. The van der Waals surface area contributed by atoms with Crippen LogP contribution in [0, 0.1) is 20.8 Å². The Labute approximate surface area is 163 Å². The fourth-order valence-electron chi connectivity index (χ4n) is 4.39. The maximum Gasteiger partial charge on any atom is 0.254 e. The SMILES string of the molecule is Cc1ccc2nc(C)c(C)c(C(=O)N3CC[C@H]4OCc5cnnn5[C@@H]4C3)c2c1. The summed E-state index contributed by atoms with van der Waals surface area (Å²) in [5, 5.41) is 9.19. The van der Waals surface area contributed by atoms with Crippen molar-refractivity contribution in [3.63, 3.8) is 0 Å². The highest BCUT2D eigenvalue weighted by molar-refractivity contribution is 6.07. The third kappa shape index (κ3) is 2.61. The van der Waals surface area contributed by atoms with Gasteiger partial charge in [0.05, 0.1) is 41.7 Å². The monoisotopic (exact) mass is 377 g/mol. The molecule has 0 bridgehead atoms. The standard InChI is InChI=1S/C21H23N5O2/c1-12-4-5-17-16(8-12)20(13(2)14(3)23-17)21(27)25-7-6-19-18(10-25)26-15(11-28-19)9-22-24-26/h4-5,8-9,18-19H,6-7,10-11H2,1-3H3/t18-,19-/m1/s1. The number of fused-ring (bicyclic) bond motifs is 4. The van der Waals surface area contributed by atoms with E-state index < -0.39 is 0 Å². The third-order valence-electron chi connectivity index (χ3n) is 6.06. The van der Waals surface area contributed by atoms with Crippen molar-refractivity contribution in [3.8, 4) is 0 Å². The van der Waals surface area contributed by atoms with Gasteiger partial charge in [0, 0.05) is 24.2 Å². The van der Waals surface area contributed by atoms with E-state index in [1.165, 1.54) is 0 Å². The van der Waals surface area contributed by atoms with Crippen molar-refractivity contribution in [3.05, 3.63) is 52.5 Å². The molecule has 1 fully saturated rings. The van der Waals surface area contributed by atoms with Gasteiger partial charge in [0.25, 0.3) is 5.91 Å². The summed E-state index contributed by atoms with van der Waals surface area (Å²) in [4.78, 5) is 20.2. The molecule has 2 aromatic heterocycles. The molecule has 0 radical (unpaired) electrons. The van der Waals surface area contributed by atoms with Gasteiger partial charge in [-0.15, -0.1) is 5.10 Å². The molecule has 2 aliphatic heterocycles. The predicted molar refractivity (Wildman–Crippen MR) is 104 cm³/mol. The number of hydrogen-bond donors (Lipinski definition) is 0. The lowest BCUT2D eigenvalue weighted by molar-refractivity contribution is -0.0604. The summed E-state index contributed by atoms with van der Waals surface area (Å²) in [6, 6.07) is 6.11. The van der Waals surface area contributed by atoms with Gasteiger partial charge in [-0.25, -0.2) is 4.68 Å². The number of ether oxygens (including phenoxy) is 1. The molecule has 0 aliphatic carbocycles. The minimum absolute atomic E-state index is 0.0141. The fraction of sp³-hybridized carbons (Fsp3) is 0.429. The van der Waals surface area contributed by atoms with E-state index in [-0.39, 0.29) is 18.1 Å². The average Bonchev–Trinajstić information content (AvgIpc) is 3.18. The molecule has 1 aromatic carbocycles.